The van der Waals surface area contributed by atoms with Crippen molar-refractivity contribution in [1.82, 2.24) is 9.88 Å². The zero-order chi connectivity index (χ0) is 24.7. The minimum atomic E-state index is -1.35. The Balaban J connectivity index is 2.09. The van der Waals surface area contributed by atoms with Crippen LogP contribution >= 0.6 is 0 Å². The average Bonchev–Trinajstić information content (AvgIpc) is 3.19. The Kier molecular flexibility index (Phi) is 6.14. The highest BCUT2D eigenvalue weighted by Crippen LogP contribution is 2.41. The monoisotopic (exact) mass is 481 g/mol. The van der Waals surface area contributed by atoms with Gasteiger partial charge in [0.1, 0.15) is 28.1 Å². The van der Waals surface area contributed by atoms with E-state index in [1.165, 1.54) is 23.7 Å². The second-order valence-corrected chi connectivity index (χ2v) is 9.40. The number of rotatable bonds is 5. The number of nitrogens with zero attached hydrogens (tertiary/aromatic N) is 2. The Hall–Kier alpha value is -3.72. The van der Waals surface area contributed by atoms with Gasteiger partial charge in [-0.25, -0.2) is 8.60 Å². The van der Waals surface area contributed by atoms with Crippen molar-refractivity contribution >= 4 is 33.5 Å². The minimum absolute atomic E-state index is 0.119. The van der Waals surface area contributed by atoms with E-state index < -0.39 is 16.8 Å². The predicted octanol–water partition coefficient (Wildman–Crippen LogP) is 4.00. The SMILES string of the molecule is CNC(=O)c1c(-c2ccc(F)cc2)oc2cc(N(C)S(C)=O)c(-c3cc(C)c(=O)n(C)c3)cc12. The molecule has 0 bridgehead atoms. The maximum absolute atomic E-state index is 13.5. The number of pyridine rings is 1. The van der Waals surface area contributed by atoms with E-state index in [9.17, 15) is 18.2 Å². The van der Waals surface area contributed by atoms with Crippen LogP contribution in [0.3, 0.4) is 0 Å². The Morgan fingerprint density at radius 2 is 1.82 bits per heavy atom. The van der Waals surface area contributed by atoms with Gasteiger partial charge in [-0.1, -0.05) is 0 Å². The molecule has 2 aromatic carbocycles. The van der Waals surface area contributed by atoms with Crippen LogP contribution in [0.25, 0.3) is 33.4 Å². The van der Waals surface area contributed by atoms with E-state index in [4.69, 9.17) is 4.42 Å². The highest BCUT2D eigenvalue weighted by atomic mass is 32.2. The molecule has 0 aliphatic carbocycles. The molecule has 0 saturated carbocycles. The number of nitrogens with one attached hydrogen (secondary N) is 1. The number of hydrogen-bond donors (Lipinski definition) is 1. The molecule has 0 saturated heterocycles. The molecule has 0 aliphatic rings. The standard InChI is InChI=1S/C25H24FN3O4S/c1-14-10-16(13-28(3)25(14)31)18-11-19-21(12-20(18)29(4)34(5)32)33-23(22(19)24(30)27-2)15-6-8-17(26)9-7-15/h6-13H,1-5H3,(H,27,30). The molecule has 0 spiro atoms. The maximum atomic E-state index is 13.5. The van der Waals surface area contributed by atoms with Crippen LogP contribution in [0.4, 0.5) is 10.1 Å². The first-order chi connectivity index (χ1) is 16.1. The second kappa shape index (κ2) is 8.90. The van der Waals surface area contributed by atoms with Crippen LogP contribution < -0.4 is 15.2 Å². The van der Waals surface area contributed by atoms with Crippen molar-refractivity contribution in [2.75, 3.05) is 24.7 Å². The van der Waals surface area contributed by atoms with Gasteiger partial charge in [0, 0.05) is 67.3 Å². The number of benzene rings is 2. The molecule has 4 rings (SSSR count). The second-order valence-electron chi connectivity index (χ2n) is 8.01. The lowest BCUT2D eigenvalue weighted by atomic mass is 9.98. The van der Waals surface area contributed by atoms with Crippen molar-refractivity contribution in [1.29, 1.82) is 0 Å². The molecule has 2 heterocycles. The molecule has 34 heavy (non-hydrogen) atoms. The van der Waals surface area contributed by atoms with E-state index in [2.05, 4.69) is 5.32 Å². The first-order valence-corrected chi connectivity index (χ1v) is 12.0. The number of aromatic nitrogens is 1. The number of hydrogen-bond acceptors (Lipinski definition) is 4. The van der Waals surface area contributed by atoms with Gasteiger partial charge in [0.05, 0.1) is 11.3 Å². The summed E-state index contributed by atoms with van der Waals surface area (Å²) >= 11 is 0. The van der Waals surface area contributed by atoms with Gasteiger partial charge in [0.15, 0.2) is 0 Å². The summed E-state index contributed by atoms with van der Waals surface area (Å²) in [5.41, 5.74) is 3.71. The first kappa shape index (κ1) is 23.4. The molecule has 1 atom stereocenters. The Morgan fingerprint density at radius 1 is 1.15 bits per heavy atom. The third-order valence-corrected chi connectivity index (χ3v) is 6.73. The number of amides is 1. The quantitative estimate of drug-likeness (QED) is 0.467. The number of halogens is 1. The van der Waals surface area contributed by atoms with Gasteiger partial charge in [-0.3, -0.25) is 13.9 Å². The lowest BCUT2D eigenvalue weighted by molar-refractivity contribution is 0.0964. The molecular weight excluding hydrogens is 457 g/mol. The molecule has 1 unspecified atom stereocenters. The average molecular weight is 482 g/mol. The van der Waals surface area contributed by atoms with Crippen LogP contribution in [0.1, 0.15) is 15.9 Å². The molecule has 4 aromatic rings. The maximum Gasteiger partial charge on any atom is 0.255 e. The number of carbonyl (C=O) groups excluding carboxylic acids is 1. The van der Waals surface area contributed by atoms with E-state index in [1.807, 2.05) is 0 Å². The molecular formula is C25H24FN3O4S. The van der Waals surface area contributed by atoms with Crippen molar-refractivity contribution in [3.05, 3.63) is 76.0 Å². The Bertz CT molecular complexity index is 1480. The third kappa shape index (κ3) is 4.03. The third-order valence-electron chi connectivity index (χ3n) is 5.77. The van der Waals surface area contributed by atoms with Crippen molar-refractivity contribution < 1.29 is 17.8 Å². The van der Waals surface area contributed by atoms with Crippen molar-refractivity contribution in [2.24, 2.45) is 7.05 Å². The normalized spacial score (nSPS) is 12.1. The summed E-state index contributed by atoms with van der Waals surface area (Å²) < 4.78 is 35.1. The minimum Gasteiger partial charge on any atom is -0.455 e. The largest absolute Gasteiger partial charge is 0.455 e. The highest BCUT2D eigenvalue weighted by molar-refractivity contribution is 7.85. The highest BCUT2D eigenvalue weighted by Gasteiger charge is 2.25. The fraction of sp³-hybridized carbons (Fsp3) is 0.200. The summed E-state index contributed by atoms with van der Waals surface area (Å²) in [6, 6.07) is 11.0. The molecule has 1 amide bonds. The van der Waals surface area contributed by atoms with Gasteiger partial charge in [0.2, 0.25) is 0 Å². The zero-order valence-corrected chi connectivity index (χ0v) is 20.2. The Morgan fingerprint density at radius 3 is 2.41 bits per heavy atom. The molecule has 0 aliphatic heterocycles. The van der Waals surface area contributed by atoms with Crippen LogP contribution in [0.5, 0.6) is 0 Å². The molecule has 9 heteroatoms. The van der Waals surface area contributed by atoms with Crippen molar-refractivity contribution in [3.8, 4) is 22.5 Å². The Labute approximate surface area is 198 Å². The molecule has 0 radical (unpaired) electrons. The van der Waals surface area contributed by atoms with Crippen molar-refractivity contribution in [3.63, 3.8) is 0 Å². The summed E-state index contributed by atoms with van der Waals surface area (Å²) in [5.74, 6) is -0.460. The van der Waals surface area contributed by atoms with Gasteiger partial charge in [0.25, 0.3) is 11.5 Å². The molecule has 1 N–H and O–H groups in total. The summed E-state index contributed by atoms with van der Waals surface area (Å²) in [7, 11) is 3.53. The fourth-order valence-corrected chi connectivity index (χ4v) is 4.37. The summed E-state index contributed by atoms with van der Waals surface area (Å²) in [6.07, 6.45) is 3.26. The van der Waals surface area contributed by atoms with Gasteiger partial charge >= 0.3 is 0 Å². The van der Waals surface area contributed by atoms with Crippen LogP contribution in [0.2, 0.25) is 0 Å². The van der Waals surface area contributed by atoms with Gasteiger partial charge < -0.3 is 14.3 Å². The predicted molar refractivity (Wildman–Crippen MR) is 133 cm³/mol. The lowest BCUT2D eigenvalue weighted by Gasteiger charge is -2.20. The van der Waals surface area contributed by atoms with Gasteiger partial charge in [-0.15, -0.1) is 0 Å². The number of anilines is 1. The molecule has 176 valence electrons. The van der Waals surface area contributed by atoms with Crippen LogP contribution in [0.15, 0.2) is 57.9 Å². The summed E-state index contributed by atoms with van der Waals surface area (Å²) in [6.45, 7) is 1.73. The van der Waals surface area contributed by atoms with Gasteiger partial charge in [-0.05, 0) is 43.3 Å². The van der Waals surface area contributed by atoms with Crippen LogP contribution in [0, 0.1) is 12.7 Å². The van der Waals surface area contributed by atoms with Gasteiger partial charge in [-0.2, -0.15) is 0 Å². The fourth-order valence-electron chi connectivity index (χ4n) is 3.94. The lowest BCUT2D eigenvalue weighted by Crippen LogP contribution is -2.21. The number of furan rings is 1. The summed E-state index contributed by atoms with van der Waals surface area (Å²) in [4.78, 5) is 25.2. The van der Waals surface area contributed by atoms with Crippen molar-refractivity contribution in [2.45, 2.75) is 6.92 Å². The summed E-state index contributed by atoms with van der Waals surface area (Å²) in [5, 5.41) is 3.19. The van der Waals surface area contributed by atoms with E-state index in [-0.39, 0.29) is 11.5 Å². The molecule has 2 aromatic heterocycles. The molecule has 0 fully saturated rings. The molecule has 7 nitrogen and oxygen atoms in total. The number of fused-ring (bicyclic) bond motifs is 1. The first-order valence-electron chi connectivity index (χ1n) is 10.5. The smallest absolute Gasteiger partial charge is 0.255 e. The van der Waals surface area contributed by atoms with E-state index in [1.54, 1.807) is 68.1 Å². The number of aryl methyl sites for hydroxylation is 2. The van der Waals surface area contributed by atoms with E-state index in [0.29, 0.717) is 44.7 Å². The van der Waals surface area contributed by atoms with E-state index >= 15 is 0 Å². The topological polar surface area (TPSA) is 84.6 Å². The van der Waals surface area contributed by atoms with Crippen LogP contribution in [-0.2, 0) is 18.0 Å². The zero-order valence-electron chi connectivity index (χ0n) is 19.4. The van der Waals surface area contributed by atoms with E-state index in [0.717, 1.165) is 5.56 Å². The van der Waals surface area contributed by atoms with Crippen LogP contribution in [-0.4, -0.2) is 35.0 Å². The number of carbonyl (C=O) groups is 1.